The predicted octanol–water partition coefficient (Wildman–Crippen LogP) is -0.0156. The summed E-state index contributed by atoms with van der Waals surface area (Å²) in [5, 5.41) is 12.9. The maximum Gasteiger partial charge on any atom is 0.0718 e. The molecular weight excluding hydrogens is 202 g/mol. The molecule has 0 aromatic carbocycles. The van der Waals surface area contributed by atoms with Crippen LogP contribution in [0.5, 0.6) is 0 Å². The molecular formula is C12H27N3O. The Bertz CT molecular complexity index is 183. The molecule has 1 saturated heterocycles. The van der Waals surface area contributed by atoms with Gasteiger partial charge in [-0.25, -0.2) is 0 Å². The fourth-order valence-corrected chi connectivity index (χ4v) is 2.20. The van der Waals surface area contributed by atoms with Crippen LogP contribution in [-0.2, 0) is 0 Å². The van der Waals surface area contributed by atoms with Gasteiger partial charge in [-0.1, -0.05) is 0 Å². The monoisotopic (exact) mass is 229 g/mol. The van der Waals surface area contributed by atoms with Crippen LogP contribution >= 0.6 is 0 Å². The molecule has 0 radical (unpaired) electrons. The van der Waals surface area contributed by atoms with E-state index in [0.717, 1.165) is 39.3 Å². The van der Waals surface area contributed by atoms with Gasteiger partial charge in [0.25, 0.3) is 0 Å². The molecule has 0 amide bonds. The molecule has 2 N–H and O–H groups in total. The van der Waals surface area contributed by atoms with Crippen LogP contribution in [0.3, 0.4) is 0 Å². The first-order chi connectivity index (χ1) is 7.51. The van der Waals surface area contributed by atoms with Crippen LogP contribution in [0, 0.1) is 0 Å². The van der Waals surface area contributed by atoms with E-state index in [4.69, 9.17) is 0 Å². The van der Waals surface area contributed by atoms with E-state index in [0.29, 0.717) is 0 Å². The van der Waals surface area contributed by atoms with Gasteiger partial charge in [-0.2, -0.15) is 0 Å². The minimum Gasteiger partial charge on any atom is -0.389 e. The highest BCUT2D eigenvalue weighted by Crippen LogP contribution is 2.08. The van der Waals surface area contributed by atoms with Crippen molar-refractivity contribution in [3.63, 3.8) is 0 Å². The molecule has 16 heavy (non-hydrogen) atoms. The Kier molecular flexibility index (Phi) is 5.69. The van der Waals surface area contributed by atoms with Crippen molar-refractivity contribution in [3.05, 3.63) is 0 Å². The van der Waals surface area contributed by atoms with Crippen molar-refractivity contribution in [1.29, 1.82) is 0 Å². The van der Waals surface area contributed by atoms with Gasteiger partial charge in [0.15, 0.2) is 0 Å². The number of hydrogen-bond acceptors (Lipinski definition) is 4. The Balaban J connectivity index is 2.13. The molecule has 0 bridgehead atoms. The molecule has 4 heteroatoms. The SMILES string of the molecule is CNCCCN1CCN(CC(C)(C)O)CC1. The van der Waals surface area contributed by atoms with Crippen molar-refractivity contribution in [2.45, 2.75) is 25.9 Å². The molecule has 0 aliphatic carbocycles. The summed E-state index contributed by atoms with van der Waals surface area (Å²) in [7, 11) is 2.00. The second-order valence-corrected chi connectivity index (χ2v) is 5.39. The molecule has 0 atom stereocenters. The summed E-state index contributed by atoms with van der Waals surface area (Å²) in [4.78, 5) is 4.87. The van der Waals surface area contributed by atoms with Crippen LogP contribution in [0.1, 0.15) is 20.3 Å². The molecule has 0 spiro atoms. The zero-order valence-electron chi connectivity index (χ0n) is 11.0. The summed E-state index contributed by atoms with van der Waals surface area (Å²) in [5.74, 6) is 0. The van der Waals surface area contributed by atoms with Crippen molar-refractivity contribution in [1.82, 2.24) is 15.1 Å². The van der Waals surface area contributed by atoms with Crippen LogP contribution in [0.4, 0.5) is 0 Å². The smallest absolute Gasteiger partial charge is 0.0718 e. The third-order valence-corrected chi connectivity index (χ3v) is 2.98. The molecule has 0 aromatic rings. The topological polar surface area (TPSA) is 38.7 Å². The van der Waals surface area contributed by atoms with E-state index in [1.807, 2.05) is 20.9 Å². The van der Waals surface area contributed by atoms with Gasteiger partial charge in [0.05, 0.1) is 5.60 Å². The van der Waals surface area contributed by atoms with Gasteiger partial charge in [0.2, 0.25) is 0 Å². The second kappa shape index (κ2) is 6.55. The minimum absolute atomic E-state index is 0.561. The fraction of sp³-hybridized carbons (Fsp3) is 1.00. The van der Waals surface area contributed by atoms with Gasteiger partial charge in [-0.15, -0.1) is 0 Å². The largest absolute Gasteiger partial charge is 0.389 e. The molecule has 1 aliphatic rings. The number of β-amino-alcohol motifs (C(OH)–C–C–N with tert-alkyl or cyclic N) is 1. The summed E-state index contributed by atoms with van der Waals surface area (Å²) >= 11 is 0. The molecule has 0 saturated carbocycles. The van der Waals surface area contributed by atoms with Crippen LogP contribution in [-0.4, -0.2) is 73.4 Å². The zero-order valence-corrected chi connectivity index (χ0v) is 11.0. The Morgan fingerprint density at radius 2 is 1.69 bits per heavy atom. The standard InChI is InChI=1S/C12H27N3O/c1-12(2,16)11-15-9-7-14(8-10-15)6-4-5-13-3/h13,16H,4-11H2,1-3H3. The van der Waals surface area contributed by atoms with Gasteiger partial charge >= 0.3 is 0 Å². The number of nitrogens with one attached hydrogen (secondary N) is 1. The lowest BCUT2D eigenvalue weighted by Gasteiger charge is -2.37. The highest BCUT2D eigenvalue weighted by atomic mass is 16.3. The Morgan fingerprint density at radius 1 is 1.12 bits per heavy atom. The van der Waals surface area contributed by atoms with E-state index < -0.39 is 5.60 Å². The summed E-state index contributed by atoms with van der Waals surface area (Å²) in [6.07, 6.45) is 1.22. The quantitative estimate of drug-likeness (QED) is 0.628. The first kappa shape index (κ1) is 13.9. The second-order valence-electron chi connectivity index (χ2n) is 5.39. The lowest BCUT2D eigenvalue weighted by atomic mass is 10.1. The van der Waals surface area contributed by atoms with E-state index in [-0.39, 0.29) is 0 Å². The minimum atomic E-state index is -0.561. The van der Waals surface area contributed by atoms with Crippen LogP contribution < -0.4 is 5.32 Å². The Labute approximate surface area is 99.6 Å². The number of hydrogen-bond donors (Lipinski definition) is 2. The Morgan fingerprint density at radius 3 is 2.19 bits per heavy atom. The number of aliphatic hydroxyl groups is 1. The van der Waals surface area contributed by atoms with E-state index in [2.05, 4.69) is 15.1 Å². The molecule has 1 aliphatic heterocycles. The van der Waals surface area contributed by atoms with E-state index in [1.165, 1.54) is 13.0 Å². The molecule has 1 fully saturated rings. The number of rotatable bonds is 6. The van der Waals surface area contributed by atoms with Crippen molar-refractivity contribution in [2.24, 2.45) is 0 Å². The molecule has 96 valence electrons. The van der Waals surface area contributed by atoms with Crippen molar-refractivity contribution in [2.75, 3.05) is 52.9 Å². The van der Waals surface area contributed by atoms with E-state index >= 15 is 0 Å². The molecule has 4 nitrogen and oxygen atoms in total. The average Bonchev–Trinajstić information content (AvgIpc) is 2.19. The van der Waals surface area contributed by atoms with Gasteiger partial charge < -0.3 is 15.3 Å². The number of piperazine rings is 1. The van der Waals surface area contributed by atoms with Crippen LogP contribution in [0.2, 0.25) is 0 Å². The first-order valence-electron chi connectivity index (χ1n) is 6.33. The average molecular weight is 229 g/mol. The lowest BCUT2D eigenvalue weighted by Crippen LogP contribution is -2.50. The van der Waals surface area contributed by atoms with Crippen LogP contribution in [0.25, 0.3) is 0 Å². The first-order valence-corrected chi connectivity index (χ1v) is 6.33. The summed E-state index contributed by atoms with van der Waals surface area (Å²) in [5.41, 5.74) is -0.561. The molecule has 1 rings (SSSR count). The predicted molar refractivity (Wildman–Crippen MR) is 67.7 cm³/mol. The molecule has 0 unspecified atom stereocenters. The van der Waals surface area contributed by atoms with Gasteiger partial charge in [0.1, 0.15) is 0 Å². The lowest BCUT2D eigenvalue weighted by molar-refractivity contribution is 0.0177. The summed E-state index contributed by atoms with van der Waals surface area (Å²) in [6, 6.07) is 0. The van der Waals surface area contributed by atoms with Gasteiger partial charge in [-0.05, 0) is 40.4 Å². The molecule has 0 aromatic heterocycles. The van der Waals surface area contributed by atoms with Gasteiger partial charge in [-0.3, -0.25) is 4.90 Å². The van der Waals surface area contributed by atoms with Crippen molar-refractivity contribution < 1.29 is 5.11 Å². The van der Waals surface area contributed by atoms with Crippen molar-refractivity contribution in [3.8, 4) is 0 Å². The fourth-order valence-electron chi connectivity index (χ4n) is 2.20. The normalized spacial score (nSPS) is 20.2. The zero-order chi connectivity index (χ0) is 12.0. The van der Waals surface area contributed by atoms with E-state index in [9.17, 15) is 5.11 Å². The number of nitrogens with zero attached hydrogens (tertiary/aromatic N) is 2. The van der Waals surface area contributed by atoms with Crippen LogP contribution in [0.15, 0.2) is 0 Å². The summed E-state index contributed by atoms with van der Waals surface area (Å²) < 4.78 is 0. The Hall–Kier alpha value is -0.160. The highest BCUT2D eigenvalue weighted by molar-refractivity contribution is 4.77. The molecule has 1 heterocycles. The van der Waals surface area contributed by atoms with Crippen molar-refractivity contribution >= 4 is 0 Å². The third kappa shape index (κ3) is 5.80. The maximum atomic E-state index is 9.75. The highest BCUT2D eigenvalue weighted by Gasteiger charge is 2.22. The third-order valence-electron chi connectivity index (χ3n) is 2.98. The summed E-state index contributed by atoms with van der Waals surface area (Å²) in [6.45, 7) is 11.3. The van der Waals surface area contributed by atoms with E-state index in [1.54, 1.807) is 0 Å². The van der Waals surface area contributed by atoms with Gasteiger partial charge in [0, 0.05) is 32.7 Å². The maximum absolute atomic E-state index is 9.75.